The van der Waals surface area contributed by atoms with Crippen molar-refractivity contribution < 1.29 is 9.53 Å². The molecule has 1 amide bonds. The Morgan fingerprint density at radius 3 is 2.74 bits per heavy atom. The normalized spacial score (nSPS) is 11.2. The van der Waals surface area contributed by atoms with E-state index in [0.717, 1.165) is 38.0 Å². The lowest BCUT2D eigenvalue weighted by Gasteiger charge is -2.09. The second-order valence-corrected chi connectivity index (χ2v) is 7.97. The van der Waals surface area contributed by atoms with E-state index in [1.807, 2.05) is 68.4 Å². The van der Waals surface area contributed by atoms with Gasteiger partial charge in [0.2, 0.25) is 0 Å². The first-order chi connectivity index (χ1) is 15.0. The Morgan fingerprint density at radius 2 is 1.94 bits per heavy atom. The van der Waals surface area contributed by atoms with E-state index in [4.69, 9.17) is 4.74 Å². The van der Waals surface area contributed by atoms with E-state index >= 15 is 0 Å². The highest BCUT2D eigenvalue weighted by Gasteiger charge is 2.10. The number of benzene rings is 2. The van der Waals surface area contributed by atoms with Crippen LogP contribution in [-0.2, 0) is 4.79 Å². The maximum atomic E-state index is 12.2. The number of aryl methyl sites for hydroxylation is 1. The summed E-state index contributed by atoms with van der Waals surface area (Å²) < 4.78 is 8.82. The Bertz CT molecular complexity index is 1260. The lowest BCUT2D eigenvalue weighted by molar-refractivity contribution is -0.123. The van der Waals surface area contributed by atoms with Crippen LogP contribution in [0.3, 0.4) is 0 Å². The summed E-state index contributed by atoms with van der Waals surface area (Å²) in [6.45, 7) is 3.91. The molecular formula is C24H21BrN4O2. The zero-order valence-corrected chi connectivity index (χ0v) is 18.8. The van der Waals surface area contributed by atoms with Crippen LogP contribution in [0.2, 0.25) is 0 Å². The van der Waals surface area contributed by atoms with Crippen molar-refractivity contribution in [1.82, 2.24) is 15.0 Å². The molecule has 4 rings (SSSR count). The zero-order chi connectivity index (χ0) is 21.8. The van der Waals surface area contributed by atoms with E-state index in [-0.39, 0.29) is 12.5 Å². The predicted octanol–water partition coefficient (Wildman–Crippen LogP) is 4.93. The number of nitrogens with one attached hydrogen (secondary N) is 1. The zero-order valence-electron chi connectivity index (χ0n) is 17.2. The molecule has 2 aromatic heterocycles. The highest BCUT2D eigenvalue weighted by atomic mass is 79.9. The number of rotatable bonds is 6. The number of ether oxygens (including phenoxy) is 1. The fourth-order valence-electron chi connectivity index (χ4n) is 3.45. The summed E-state index contributed by atoms with van der Waals surface area (Å²) in [7, 11) is 0. The Morgan fingerprint density at radius 1 is 1.16 bits per heavy atom. The number of pyridine rings is 1. The maximum absolute atomic E-state index is 12.2. The average Bonchev–Trinajstić information content (AvgIpc) is 3.06. The van der Waals surface area contributed by atoms with Gasteiger partial charge in [0.05, 0.1) is 6.21 Å². The molecule has 156 valence electrons. The van der Waals surface area contributed by atoms with Crippen molar-refractivity contribution >= 4 is 39.0 Å². The highest BCUT2D eigenvalue weighted by molar-refractivity contribution is 9.10. The van der Waals surface area contributed by atoms with Crippen LogP contribution >= 0.6 is 15.9 Å². The molecule has 0 saturated carbocycles. The van der Waals surface area contributed by atoms with Crippen molar-refractivity contribution in [3.8, 4) is 11.4 Å². The number of aromatic nitrogens is 2. The molecule has 0 aliphatic rings. The third-order valence-electron chi connectivity index (χ3n) is 4.90. The average molecular weight is 477 g/mol. The Balaban J connectivity index is 1.40. The first-order valence-corrected chi connectivity index (χ1v) is 10.6. The van der Waals surface area contributed by atoms with Gasteiger partial charge in [-0.1, -0.05) is 34.1 Å². The summed E-state index contributed by atoms with van der Waals surface area (Å²) >= 11 is 3.46. The third kappa shape index (κ3) is 4.67. The molecule has 7 heteroatoms. The molecule has 0 fully saturated rings. The van der Waals surface area contributed by atoms with Crippen LogP contribution in [0.15, 0.2) is 76.4 Å². The number of nitrogens with zero attached hydrogens (tertiary/aromatic N) is 3. The quantitative estimate of drug-likeness (QED) is 0.316. The van der Waals surface area contributed by atoms with Crippen molar-refractivity contribution in [2.75, 3.05) is 6.61 Å². The van der Waals surface area contributed by atoms with Crippen molar-refractivity contribution in [3.05, 3.63) is 88.3 Å². The standard InChI is InChI=1S/C24H21BrN4O2/c1-16-13-19(17(2)29(16)21-10-8-20(25)9-11-21)14-27-28-23(30)15-31-22-7-3-5-18-6-4-12-26-24(18)22/h3-14H,15H2,1-2H3,(H,28,30)/b27-14-. The van der Waals surface area contributed by atoms with Gasteiger partial charge in [-0.15, -0.1) is 0 Å². The van der Waals surface area contributed by atoms with Crippen molar-refractivity contribution in [2.45, 2.75) is 13.8 Å². The summed E-state index contributed by atoms with van der Waals surface area (Å²) in [5.41, 5.74) is 7.37. The van der Waals surface area contributed by atoms with Gasteiger partial charge in [0.25, 0.3) is 5.91 Å². The van der Waals surface area contributed by atoms with Gasteiger partial charge in [-0.2, -0.15) is 5.10 Å². The number of hydrogen-bond donors (Lipinski definition) is 1. The van der Waals surface area contributed by atoms with Crippen LogP contribution < -0.4 is 10.2 Å². The molecule has 31 heavy (non-hydrogen) atoms. The molecule has 2 heterocycles. The molecule has 1 N–H and O–H groups in total. The SMILES string of the molecule is Cc1cc(/C=N\NC(=O)COc2cccc3cccnc23)c(C)n1-c1ccc(Br)cc1. The summed E-state index contributed by atoms with van der Waals surface area (Å²) in [4.78, 5) is 16.5. The Labute approximate surface area is 188 Å². The minimum absolute atomic E-state index is 0.148. The van der Waals surface area contributed by atoms with Crippen LogP contribution in [0.25, 0.3) is 16.6 Å². The van der Waals surface area contributed by atoms with E-state index in [0.29, 0.717) is 5.75 Å². The lowest BCUT2D eigenvalue weighted by Crippen LogP contribution is -2.24. The van der Waals surface area contributed by atoms with Gasteiger partial charge in [-0.3, -0.25) is 9.78 Å². The Hall–Kier alpha value is -3.45. The van der Waals surface area contributed by atoms with Gasteiger partial charge in [-0.05, 0) is 56.3 Å². The number of hydrogen-bond acceptors (Lipinski definition) is 4. The Kier molecular flexibility index (Phi) is 6.13. The molecule has 0 radical (unpaired) electrons. The summed E-state index contributed by atoms with van der Waals surface area (Å²) in [5.74, 6) is 0.223. The number of para-hydroxylation sites is 1. The van der Waals surface area contributed by atoms with Crippen molar-refractivity contribution in [1.29, 1.82) is 0 Å². The van der Waals surface area contributed by atoms with Gasteiger partial charge >= 0.3 is 0 Å². The van der Waals surface area contributed by atoms with Gasteiger partial charge in [0.15, 0.2) is 6.61 Å². The molecule has 0 saturated heterocycles. The smallest absolute Gasteiger partial charge is 0.277 e. The number of halogens is 1. The van der Waals surface area contributed by atoms with E-state index in [9.17, 15) is 4.79 Å². The number of carbonyl (C=O) groups is 1. The van der Waals surface area contributed by atoms with Crippen molar-refractivity contribution in [3.63, 3.8) is 0 Å². The molecule has 0 atom stereocenters. The molecular weight excluding hydrogens is 456 g/mol. The van der Waals surface area contributed by atoms with Crippen molar-refractivity contribution in [2.24, 2.45) is 5.10 Å². The molecule has 4 aromatic rings. The summed E-state index contributed by atoms with van der Waals surface area (Å²) in [6, 6.07) is 19.6. The lowest BCUT2D eigenvalue weighted by atomic mass is 10.2. The second kappa shape index (κ2) is 9.14. The van der Waals surface area contributed by atoms with Crippen LogP contribution in [0, 0.1) is 13.8 Å². The maximum Gasteiger partial charge on any atom is 0.277 e. The summed E-state index contributed by atoms with van der Waals surface area (Å²) in [5, 5.41) is 5.06. The summed E-state index contributed by atoms with van der Waals surface area (Å²) in [6.07, 6.45) is 3.35. The fourth-order valence-corrected chi connectivity index (χ4v) is 3.71. The minimum atomic E-state index is -0.342. The fraction of sp³-hybridized carbons (Fsp3) is 0.125. The second-order valence-electron chi connectivity index (χ2n) is 7.05. The molecule has 0 spiro atoms. The molecule has 0 unspecified atom stereocenters. The largest absolute Gasteiger partial charge is 0.481 e. The van der Waals surface area contributed by atoms with Gasteiger partial charge in [0, 0.05) is 38.7 Å². The predicted molar refractivity (Wildman–Crippen MR) is 126 cm³/mol. The van der Waals surface area contributed by atoms with Gasteiger partial charge < -0.3 is 9.30 Å². The molecule has 0 bridgehead atoms. The number of fused-ring (bicyclic) bond motifs is 1. The molecule has 0 aliphatic heterocycles. The number of carbonyl (C=O) groups excluding carboxylic acids is 1. The number of hydrazone groups is 1. The van der Waals surface area contributed by atoms with E-state index < -0.39 is 0 Å². The van der Waals surface area contributed by atoms with Crippen LogP contribution in [0.1, 0.15) is 17.0 Å². The van der Waals surface area contributed by atoms with Crippen LogP contribution in [0.4, 0.5) is 0 Å². The number of amides is 1. The van der Waals surface area contributed by atoms with Gasteiger partial charge in [0.1, 0.15) is 11.3 Å². The van der Waals surface area contributed by atoms with E-state index in [2.05, 4.69) is 36.0 Å². The topological polar surface area (TPSA) is 68.5 Å². The minimum Gasteiger partial charge on any atom is -0.481 e. The molecule has 6 nitrogen and oxygen atoms in total. The third-order valence-corrected chi connectivity index (χ3v) is 5.43. The molecule has 0 aliphatic carbocycles. The highest BCUT2D eigenvalue weighted by Crippen LogP contribution is 2.23. The first-order valence-electron chi connectivity index (χ1n) is 9.76. The monoisotopic (exact) mass is 476 g/mol. The van der Waals surface area contributed by atoms with E-state index in [1.165, 1.54) is 0 Å². The van der Waals surface area contributed by atoms with Crippen LogP contribution in [-0.4, -0.2) is 28.3 Å². The first kappa shape index (κ1) is 20.8. The molecule has 2 aromatic carbocycles. The van der Waals surface area contributed by atoms with Crippen LogP contribution in [0.5, 0.6) is 5.75 Å². The van der Waals surface area contributed by atoms with Gasteiger partial charge in [-0.25, -0.2) is 5.43 Å². The van der Waals surface area contributed by atoms with E-state index in [1.54, 1.807) is 18.5 Å².